The van der Waals surface area contributed by atoms with Crippen LogP contribution >= 0.6 is 11.3 Å². The number of benzene rings is 1. The molecule has 0 aliphatic heterocycles. The van der Waals surface area contributed by atoms with Crippen molar-refractivity contribution in [3.63, 3.8) is 0 Å². The quantitative estimate of drug-likeness (QED) is 0.664. The van der Waals surface area contributed by atoms with E-state index in [-0.39, 0.29) is 0 Å². The molecule has 76 valence electrons. The van der Waals surface area contributed by atoms with E-state index in [1.165, 1.54) is 4.70 Å². The number of aromatic nitrogens is 3. The summed E-state index contributed by atoms with van der Waals surface area (Å²) in [5.74, 6) is 0.905. The van der Waals surface area contributed by atoms with E-state index < -0.39 is 0 Å². The molecule has 0 bridgehead atoms. The maximum Gasteiger partial charge on any atom is 0.217 e. The SMILES string of the molecule is CCOc1ccc2c(c1)sc1nncn12. The van der Waals surface area contributed by atoms with E-state index in [2.05, 4.69) is 10.2 Å². The molecule has 0 N–H and O–H groups in total. The molecule has 3 aromatic rings. The van der Waals surface area contributed by atoms with Crippen molar-refractivity contribution in [1.29, 1.82) is 0 Å². The summed E-state index contributed by atoms with van der Waals surface area (Å²) >= 11 is 1.62. The molecular weight excluding hydrogens is 210 g/mol. The predicted octanol–water partition coefficient (Wildman–Crippen LogP) is 2.34. The summed E-state index contributed by atoms with van der Waals surface area (Å²) in [6.07, 6.45) is 1.73. The summed E-state index contributed by atoms with van der Waals surface area (Å²) in [7, 11) is 0. The van der Waals surface area contributed by atoms with Gasteiger partial charge in [-0.15, -0.1) is 10.2 Å². The van der Waals surface area contributed by atoms with Crippen molar-refractivity contribution in [3.8, 4) is 5.75 Å². The fraction of sp³-hybridized carbons (Fsp3) is 0.200. The Kier molecular flexibility index (Phi) is 1.85. The molecular formula is C10H9N3OS. The fourth-order valence-electron chi connectivity index (χ4n) is 1.59. The average Bonchev–Trinajstić information content (AvgIpc) is 2.77. The largest absolute Gasteiger partial charge is 0.494 e. The van der Waals surface area contributed by atoms with Crippen molar-refractivity contribution in [1.82, 2.24) is 14.6 Å². The van der Waals surface area contributed by atoms with Crippen molar-refractivity contribution in [3.05, 3.63) is 24.5 Å². The number of rotatable bonds is 2. The number of nitrogens with zero attached hydrogens (tertiary/aromatic N) is 3. The van der Waals surface area contributed by atoms with Crippen LogP contribution in [0.25, 0.3) is 15.2 Å². The van der Waals surface area contributed by atoms with Gasteiger partial charge in [-0.3, -0.25) is 4.40 Å². The molecule has 5 heteroatoms. The van der Waals surface area contributed by atoms with Gasteiger partial charge in [0.25, 0.3) is 0 Å². The number of thiazole rings is 1. The van der Waals surface area contributed by atoms with Crippen molar-refractivity contribution < 1.29 is 4.74 Å². The van der Waals surface area contributed by atoms with Crippen LogP contribution in [0.4, 0.5) is 0 Å². The zero-order valence-electron chi connectivity index (χ0n) is 8.17. The lowest BCUT2D eigenvalue weighted by Gasteiger charge is -2.01. The monoisotopic (exact) mass is 219 g/mol. The minimum absolute atomic E-state index is 0.690. The topological polar surface area (TPSA) is 39.4 Å². The molecule has 0 radical (unpaired) electrons. The molecule has 4 nitrogen and oxygen atoms in total. The minimum Gasteiger partial charge on any atom is -0.494 e. The second kappa shape index (κ2) is 3.20. The molecule has 0 saturated carbocycles. The Labute approximate surface area is 90.1 Å². The summed E-state index contributed by atoms with van der Waals surface area (Å²) in [4.78, 5) is 0.915. The second-order valence-electron chi connectivity index (χ2n) is 3.15. The van der Waals surface area contributed by atoms with E-state index in [0.29, 0.717) is 6.61 Å². The molecule has 0 fully saturated rings. The first kappa shape index (κ1) is 8.67. The van der Waals surface area contributed by atoms with Crippen molar-refractivity contribution in [2.75, 3.05) is 6.61 Å². The molecule has 0 unspecified atom stereocenters. The zero-order chi connectivity index (χ0) is 10.3. The van der Waals surface area contributed by atoms with Gasteiger partial charge >= 0.3 is 0 Å². The van der Waals surface area contributed by atoms with Gasteiger partial charge in [0.15, 0.2) is 0 Å². The van der Waals surface area contributed by atoms with Gasteiger partial charge in [0.05, 0.1) is 16.8 Å². The highest BCUT2D eigenvalue weighted by molar-refractivity contribution is 7.23. The molecule has 2 heterocycles. The van der Waals surface area contributed by atoms with Gasteiger partial charge in [0.2, 0.25) is 4.96 Å². The summed E-state index contributed by atoms with van der Waals surface area (Å²) in [6.45, 7) is 2.67. The van der Waals surface area contributed by atoms with Crippen LogP contribution in [-0.2, 0) is 0 Å². The Hall–Kier alpha value is -1.62. The summed E-state index contributed by atoms with van der Waals surface area (Å²) in [5, 5.41) is 7.88. The Bertz CT molecular complexity index is 613. The van der Waals surface area contributed by atoms with E-state index in [0.717, 1.165) is 16.2 Å². The molecule has 15 heavy (non-hydrogen) atoms. The van der Waals surface area contributed by atoms with Gasteiger partial charge in [-0.1, -0.05) is 11.3 Å². The van der Waals surface area contributed by atoms with E-state index in [1.54, 1.807) is 17.7 Å². The Balaban J connectivity index is 2.26. The molecule has 0 atom stereocenters. The van der Waals surface area contributed by atoms with Crippen LogP contribution < -0.4 is 4.74 Å². The van der Waals surface area contributed by atoms with Gasteiger partial charge < -0.3 is 4.74 Å². The number of hydrogen-bond donors (Lipinski definition) is 0. The Morgan fingerprint density at radius 1 is 1.47 bits per heavy atom. The van der Waals surface area contributed by atoms with Gasteiger partial charge in [-0.05, 0) is 25.1 Å². The lowest BCUT2D eigenvalue weighted by molar-refractivity contribution is 0.341. The molecule has 0 aliphatic rings. The van der Waals surface area contributed by atoms with Crippen LogP contribution in [0.5, 0.6) is 5.75 Å². The summed E-state index contributed by atoms with van der Waals surface area (Å²) in [5.41, 5.74) is 1.13. The highest BCUT2D eigenvalue weighted by atomic mass is 32.1. The number of ether oxygens (including phenoxy) is 1. The highest BCUT2D eigenvalue weighted by Crippen LogP contribution is 2.28. The molecule has 0 aliphatic carbocycles. The molecule has 1 aromatic carbocycles. The van der Waals surface area contributed by atoms with E-state index >= 15 is 0 Å². The summed E-state index contributed by atoms with van der Waals surface area (Å²) < 4.78 is 8.60. The number of hydrogen-bond acceptors (Lipinski definition) is 4. The van der Waals surface area contributed by atoms with Crippen LogP contribution in [0, 0.1) is 0 Å². The third kappa shape index (κ3) is 1.27. The molecule has 0 amide bonds. The number of fused-ring (bicyclic) bond motifs is 3. The fourth-order valence-corrected chi connectivity index (χ4v) is 2.56. The molecule has 0 spiro atoms. The van der Waals surface area contributed by atoms with Gasteiger partial charge in [-0.25, -0.2) is 0 Å². The molecule has 0 saturated heterocycles. The second-order valence-corrected chi connectivity index (χ2v) is 4.16. The smallest absolute Gasteiger partial charge is 0.217 e. The maximum atomic E-state index is 5.45. The first-order valence-electron chi connectivity index (χ1n) is 4.73. The van der Waals surface area contributed by atoms with E-state index in [1.807, 2.05) is 29.5 Å². The van der Waals surface area contributed by atoms with Crippen molar-refractivity contribution in [2.24, 2.45) is 0 Å². The normalized spacial score (nSPS) is 11.3. The first-order valence-corrected chi connectivity index (χ1v) is 5.55. The first-order chi connectivity index (χ1) is 7.38. The molecule has 2 aromatic heterocycles. The third-order valence-electron chi connectivity index (χ3n) is 2.22. The Morgan fingerprint density at radius 2 is 2.40 bits per heavy atom. The lowest BCUT2D eigenvalue weighted by Crippen LogP contribution is -1.90. The van der Waals surface area contributed by atoms with Crippen LogP contribution in [0.2, 0.25) is 0 Å². The zero-order valence-corrected chi connectivity index (χ0v) is 8.99. The summed E-state index contributed by atoms with van der Waals surface area (Å²) in [6, 6.07) is 6.04. The van der Waals surface area contributed by atoms with Crippen molar-refractivity contribution in [2.45, 2.75) is 6.92 Å². The predicted molar refractivity (Wildman–Crippen MR) is 59.5 cm³/mol. The lowest BCUT2D eigenvalue weighted by atomic mass is 10.3. The van der Waals surface area contributed by atoms with E-state index in [4.69, 9.17) is 4.74 Å². The van der Waals surface area contributed by atoms with Crippen molar-refractivity contribution >= 4 is 26.5 Å². The van der Waals surface area contributed by atoms with Crippen LogP contribution in [0.15, 0.2) is 24.5 Å². The van der Waals surface area contributed by atoms with Gasteiger partial charge in [0, 0.05) is 0 Å². The van der Waals surface area contributed by atoms with Crippen LogP contribution in [0.3, 0.4) is 0 Å². The van der Waals surface area contributed by atoms with E-state index in [9.17, 15) is 0 Å². The molecule has 3 rings (SSSR count). The maximum absolute atomic E-state index is 5.45. The highest BCUT2D eigenvalue weighted by Gasteiger charge is 2.06. The standard InChI is InChI=1S/C10H9N3OS/c1-2-14-7-3-4-8-9(5-7)15-10-12-11-6-13(8)10/h3-6H,2H2,1H3. The van der Waals surface area contributed by atoms with Gasteiger partial charge in [-0.2, -0.15) is 0 Å². The Morgan fingerprint density at radius 3 is 3.27 bits per heavy atom. The van der Waals surface area contributed by atoms with Crippen LogP contribution in [-0.4, -0.2) is 21.2 Å². The average molecular weight is 219 g/mol. The van der Waals surface area contributed by atoms with Gasteiger partial charge in [0.1, 0.15) is 12.1 Å². The minimum atomic E-state index is 0.690. The third-order valence-corrected chi connectivity index (χ3v) is 3.23. The van der Waals surface area contributed by atoms with Crippen LogP contribution in [0.1, 0.15) is 6.92 Å².